The zero-order valence-electron chi connectivity index (χ0n) is 8.93. The van der Waals surface area contributed by atoms with Crippen molar-refractivity contribution in [2.24, 2.45) is 0 Å². The van der Waals surface area contributed by atoms with Gasteiger partial charge in [-0.2, -0.15) is 0 Å². The maximum atomic E-state index is 9.41. The molecule has 0 aliphatic carbocycles. The molecule has 0 radical (unpaired) electrons. The number of hydrogen-bond donors (Lipinski definition) is 2. The maximum absolute atomic E-state index is 9.41. The fraction of sp³-hybridized carbons (Fsp3) is 0.143. The van der Waals surface area contributed by atoms with Gasteiger partial charge in [0.05, 0.1) is 0 Å². The van der Waals surface area contributed by atoms with Crippen LogP contribution in [0.1, 0.15) is 5.56 Å². The lowest BCUT2D eigenvalue weighted by atomic mass is 10.0. The van der Waals surface area contributed by atoms with Crippen LogP contribution in [-0.2, 0) is 6.42 Å². The predicted octanol–water partition coefficient (Wildman–Crippen LogP) is 2.59. The van der Waals surface area contributed by atoms with Crippen LogP contribution in [0.4, 0.5) is 0 Å². The van der Waals surface area contributed by atoms with Gasteiger partial charge in [-0.3, -0.25) is 0 Å². The molecule has 0 aromatic heterocycles. The first-order valence-electron chi connectivity index (χ1n) is 5.29. The van der Waals surface area contributed by atoms with Gasteiger partial charge in [0.1, 0.15) is 5.75 Å². The quantitative estimate of drug-likeness (QED) is 0.824. The zero-order chi connectivity index (χ0) is 11.4. The van der Waals surface area contributed by atoms with E-state index in [1.807, 2.05) is 36.4 Å². The van der Waals surface area contributed by atoms with Crippen LogP contribution in [-0.4, -0.2) is 16.8 Å². The zero-order valence-corrected chi connectivity index (χ0v) is 8.93. The van der Waals surface area contributed by atoms with Crippen LogP contribution >= 0.6 is 0 Å². The van der Waals surface area contributed by atoms with Crippen molar-refractivity contribution in [1.29, 1.82) is 0 Å². The first-order valence-corrected chi connectivity index (χ1v) is 5.29. The largest absolute Gasteiger partial charge is 0.508 e. The summed E-state index contributed by atoms with van der Waals surface area (Å²) >= 11 is 0. The van der Waals surface area contributed by atoms with Gasteiger partial charge in [-0.1, -0.05) is 36.4 Å². The van der Waals surface area contributed by atoms with Gasteiger partial charge in [0, 0.05) is 6.61 Å². The van der Waals surface area contributed by atoms with Gasteiger partial charge in [0.2, 0.25) is 0 Å². The van der Waals surface area contributed by atoms with Crippen molar-refractivity contribution in [1.82, 2.24) is 0 Å². The van der Waals surface area contributed by atoms with E-state index in [1.165, 1.54) is 0 Å². The molecular weight excluding hydrogens is 200 g/mol. The second-order valence-corrected chi connectivity index (χ2v) is 3.72. The Morgan fingerprint density at radius 3 is 2.25 bits per heavy atom. The lowest BCUT2D eigenvalue weighted by Gasteiger charge is -2.05. The number of phenols is 1. The first kappa shape index (κ1) is 10.7. The molecule has 0 saturated heterocycles. The number of aromatic hydroxyl groups is 1. The summed E-state index contributed by atoms with van der Waals surface area (Å²) in [7, 11) is 0. The van der Waals surface area contributed by atoms with Crippen LogP contribution in [0, 0.1) is 0 Å². The molecule has 0 unspecified atom stereocenters. The van der Waals surface area contributed by atoms with Crippen LogP contribution in [0.2, 0.25) is 0 Å². The lowest BCUT2D eigenvalue weighted by molar-refractivity contribution is 0.299. The highest BCUT2D eigenvalue weighted by Gasteiger charge is 2.00. The van der Waals surface area contributed by atoms with E-state index < -0.39 is 0 Å². The van der Waals surface area contributed by atoms with Crippen molar-refractivity contribution in [3.63, 3.8) is 0 Å². The van der Waals surface area contributed by atoms with Gasteiger partial charge in [-0.15, -0.1) is 0 Å². The Hall–Kier alpha value is -1.80. The highest BCUT2D eigenvalue weighted by atomic mass is 16.3. The minimum atomic E-state index is 0.156. The molecule has 0 atom stereocenters. The summed E-state index contributed by atoms with van der Waals surface area (Å²) in [5, 5.41) is 18.3. The summed E-state index contributed by atoms with van der Waals surface area (Å²) in [6, 6.07) is 15.1. The Morgan fingerprint density at radius 2 is 1.56 bits per heavy atom. The molecule has 16 heavy (non-hydrogen) atoms. The molecule has 2 nitrogen and oxygen atoms in total. The third-order valence-electron chi connectivity index (χ3n) is 2.51. The molecule has 0 heterocycles. The van der Waals surface area contributed by atoms with Crippen molar-refractivity contribution < 1.29 is 10.2 Å². The Morgan fingerprint density at radius 1 is 0.875 bits per heavy atom. The van der Waals surface area contributed by atoms with Gasteiger partial charge in [0.25, 0.3) is 0 Å². The molecule has 2 heteroatoms. The standard InChI is InChI=1S/C14H14O2/c15-8-7-11-3-1-4-12(9-11)13-5-2-6-14(16)10-13/h1-6,9-10,15-16H,7-8H2. The number of aliphatic hydroxyl groups excluding tert-OH is 1. The Labute approximate surface area is 94.8 Å². The van der Waals surface area contributed by atoms with Crippen molar-refractivity contribution in [2.45, 2.75) is 6.42 Å². The minimum absolute atomic E-state index is 0.156. The van der Waals surface area contributed by atoms with Gasteiger partial charge < -0.3 is 10.2 Å². The van der Waals surface area contributed by atoms with E-state index in [-0.39, 0.29) is 12.4 Å². The van der Waals surface area contributed by atoms with Gasteiger partial charge in [-0.05, 0) is 35.2 Å². The SMILES string of the molecule is OCCc1cccc(-c2cccc(O)c2)c1. The van der Waals surface area contributed by atoms with Crippen LogP contribution in [0.15, 0.2) is 48.5 Å². The molecular formula is C14H14O2. The van der Waals surface area contributed by atoms with Crippen LogP contribution in [0.25, 0.3) is 11.1 Å². The molecule has 0 saturated carbocycles. The van der Waals surface area contributed by atoms with Gasteiger partial charge in [-0.25, -0.2) is 0 Å². The number of benzene rings is 2. The number of phenolic OH excluding ortho intramolecular Hbond substituents is 1. The van der Waals surface area contributed by atoms with E-state index in [1.54, 1.807) is 12.1 Å². The first-order chi connectivity index (χ1) is 7.79. The summed E-state index contributed by atoms with van der Waals surface area (Å²) in [4.78, 5) is 0. The summed E-state index contributed by atoms with van der Waals surface area (Å²) in [5.74, 6) is 0.269. The predicted molar refractivity (Wildman–Crippen MR) is 64.3 cm³/mol. The van der Waals surface area contributed by atoms with Crippen molar-refractivity contribution in [3.05, 3.63) is 54.1 Å². The summed E-state index contributed by atoms with van der Waals surface area (Å²) < 4.78 is 0. The molecule has 0 aliphatic rings. The monoisotopic (exact) mass is 214 g/mol. The molecule has 2 N–H and O–H groups in total. The molecule has 82 valence electrons. The normalized spacial score (nSPS) is 10.3. The van der Waals surface area contributed by atoms with E-state index >= 15 is 0 Å². The second kappa shape index (κ2) is 4.81. The van der Waals surface area contributed by atoms with Crippen LogP contribution in [0.3, 0.4) is 0 Å². The van der Waals surface area contributed by atoms with E-state index in [0.717, 1.165) is 16.7 Å². The van der Waals surface area contributed by atoms with E-state index in [2.05, 4.69) is 0 Å². The van der Waals surface area contributed by atoms with E-state index in [4.69, 9.17) is 5.11 Å². The average molecular weight is 214 g/mol. The van der Waals surface area contributed by atoms with Crippen molar-refractivity contribution in [3.8, 4) is 16.9 Å². The third kappa shape index (κ3) is 2.41. The minimum Gasteiger partial charge on any atom is -0.508 e. The summed E-state index contributed by atoms with van der Waals surface area (Å²) in [5.41, 5.74) is 3.14. The summed E-state index contributed by atoms with van der Waals surface area (Å²) in [6.45, 7) is 0.156. The average Bonchev–Trinajstić information content (AvgIpc) is 2.30. The van der Waals surface area contributed by atoms with Crippen LogP contribution < -0.4 is 0 Å². The summed E-state index contributed by atoms with van der Waals surface area (Å²) in [6.07, 6.45) is 0.659. The van der Waals surface area contributed by atoms with Crippen LogP contribution in [0.5, 0.6) is 5.75 Å². The molecule has 0 bridgehead atoms. The fourth-order valence-corrected chi connectivity index (χ4v) is 1.72. The Kier molecular flexibility index (Phi) is 3.22. The number of hydrogen-bond acceptors (Lipinski definition) is 2. The van der Waals surface area contributed by atoms with Gasteiger partial charge in [0.15, 0.2) is 0 Å². The smallest absolute Gasteiger partial charge is 0.116 e. The highest BCUT2D eigenvalue weighted by molar-refractivity contribution is 5.65. The molecule has 0 aliphatic heterocycles. The van der Waals surface area contributed by atoms with E-state index in [9.17, 15) is 5.11 Å². The highest BCUT2D eigenvalue weighted by Crippen LogP contribution is 2.23. The number of rotatable bonds is 3. The lowest BCUT2D eigenvalue weighted by Crippen LogP contribution is -1.90. The molecule has 0 amide bonds. The van der Waals surface area contributed by atoms with Crippen molar-refractivity contribution >= 4 is 0 Å². The molecule has 2 rings (SSSR count). The molecule has 0 fully saturated rings. The van der Waals surface area contributed by atoms with Gasteiger partial charge >= 0.3 is 0 Å². The number of aliphatic hydroxyl groups is 1. The Bertz CT molecular complexity index is 478. The maximum Gasteiger partial charge on any atom is 0.116 e. The molecule has 2 aromatic rings. The Balaban J connectivity index is 2.36. The third-order valence-corrected chi connectivity index (χ3v) is 2.51. The van der Waals surface area contributed by atoms with E-state index in [0.29, 0.717) is 6.42 Å². The van der Waals surface area contributed by atoms with Crippen molar-refractivity contribution in [2.75, 3.05) is 6.61 Å². The second-order valence-electron chi connectivity index (χ2n) is 3.72. The fourth-order valence-electron chi connectivity index (χ4n) is 1.72. The molecule has 0 spiro atoms. The molecule has 2 aromatic carbocycles. The topological polar surface area (TPSA) is 40.5 Å².